The van der Waals surface area contributed by atoms with Crippen LogP contribution in [0.2, 0.25) is 0 Å². The zero-order valence-corrected chi connectivity index (χ0v) is 9.67. The summed E-state index contributed by atoms with van der Waals surface area (Å²) < 4.78 is 12.2. The summed E-state index contributed by atoms with van der Waals surface area (Å²) in [7, 11) is 0. The number of ether oxygens (including phenoxy) is 2. The number of fused-ring (bicyclic) bond motifs is 1. The third kappa shape index (κ3) is 1.54. The summed E-state index contributed by atoms with van der Waals surface area (Å²) in [5, 5.41) is 4.16. The summed E-state index contributed by atoms with van der Waals surface area (Å²) in [5.74, 6) is 2.12. The molecule has 0 radical (unpaired) electrons. The number of aliphatic imine (C=N–C) groups is 1. The molecule has 0 atom stereocenters. The highest BCUT2D eigenvalue weighted by atomic mass is 16.7. The zero-order valence-electron chi connectivity index (χ0n) is 9.67. The third-order valence-electron chi connectivity index (χ3n) is 2.82. The molecule has 1 aromatic heterocycles. The van der Waals surface area contributed by atoms with Crippen molar-refractivity contribution in [2.75, 3.05) is 6.79 Å². The minimum Gasteiger partial charge on any atom is -0.454 e. The molecule has 2 heterocycles. The molecular weight excluding hydrogens is 232 g/mol. The first kappa shape index (κ1) is 10.8. The van der Waals surface area contributed by atoms with Crippen molar-refractivity contribution in [3.8, 4) is 22.6 Å². The maximum absolute atomic E-state index is 5.58. The van der Waals surface area contributed by atoms with E-state index in [2.05, 4.69) is 16.8 Å². The van der Waals surface area contributed by atoms with Gasteiger partial charge in [-0.25, -0.2) is 9.67 Å². The summed E-state index contributed by atoms with van der Waals surface area (Å²) in [6.45, 7) is 4.07. The van der Waals surface area contributed by atoms with Crippen molar-refractivity contribution < 1.29 is 9.47 Å². The number of hydrogen-bond donors (Lipinski definition) is 1. The smallest absolute Gasteiger partial charge is 0.231 e. The Kier molecular flexibility index (Phi) is 2.49. The van der Waals surface area contributed by atoms with Gasteiger partial charge in [-0.1, -0.05) is 6.07 Å². The highest BCUT2D eigenvalue weighted by Gasteiger charge is 2.16. The Labute approximate surface area is 104 Å². The van der Waals surface area contributed by atoms with E-state index < -0.39 is 0 Å². The number of aromatic nitrogens is 2. The lowest BCUT2D eigenvalue weighted by Crippen LogP contribution is -2.07. The van der Waals surface area contributed by atoms with E-state index >= 15 is 0 Å². The molecule has 18 heavy (non-hydrogen) atoms. The van der Waals surface area contributed by atoms with Gasteiger partial charge in [-0.15, -0.1) is 0 Å². The topological polar surface area (TPSA) is 74.7 Å². The van der Waals surface area contributed by atoms with Gasteiger partial charge in [0.15, 0.2) is 17.3 Å². The molecule has 0 saturated carbocycles. The average Bonchev–Trinajstić information content (AvgIpc) is 3.03. The molecule has 1 aliphatic rings. The van der Waals surface area contributed by atoms with E-state index in [0.29, 0.717) is 5.82 Å². The molecule has 2 N–H and O–H groups in total. The second kappa shape index (κ2) is 4.15. The second-order valence-corrected chi connectivity index (χ2v) is 3.79. The van der Waals surface area contributed by atoms with Crippen molar-refractivity contribution in [2.24, 2.45) is 10.7 Å². The Balaban J connectivity index is 2.09. The van der Waals surface area contributed by atoms with Crippen molar-refractivity contribution in [1.29, 1.82) is 0 Å². The lowest BCUT2D eigenvalue weighted by Gasteiger charge is -2.03. The molecule has 0 spiro atoms. The van der Waals surface area contributed by atoms with Crippen molar-refractivity contribution >= 4 is 12.5 Å². The van der Waals surface area contributed by atoms with Gasteiger partial charge in [0, 0.05) is 5.56 Å². The van der Waals surface area contributed by atoms with Crippen molar-refractivity contribution in [1.82, 2.24) is 9.78 Å². The van der Waals surface area contributed by atoms with Gasteiger partial charge in [0.05, 0.1) is 12.9 Å². The summed E-state index contributed by atoms with van der Waals surface area (Å²) >= 11 is 0. The van der Waals surface area contributed by atoms with Gasteiger partial charge in [-0.05, 0) is 24.4 Å². The Morgan fingerprint density at radius 1 is 1.39 bits per heavy atom. The van der Waals surface area contributed by atoms with E-state index in [1.807, 2.05) is 18.2 Å². The molecule has 0 bridgehead atoms. The number of benzene rings is 1. The van der Waals surface area contributed by atoms with Gasteiger partial charge in [0.2, 0.25) is 6.79 Å². The van der Waals surface area contributed by atoms with E-state index in [1.54, 1.807) is 10.9 Å². The molecule has 2 aromatic rings. The van der Waals surface area contributed by atoms with Crippen molar-refractivity contribution in [2.45, 2.75) is 6.67 Å². The van der Waals surface area contributed by atoms with Gasteiger partial charge in [-0.2, -0.15) is 5.10 Å². The van der Waals surface area contributed by atoms with Crippen LogP contribution in [0.4, 0.5) is 5.82 Å². The van der Waals surface area contributed by atoms with E-state index in [0.717, 1.165) is 22.6 Å². The Morgan fingerprint density at radius 3 is 3.00 bits per heavy atom. The Morgan fingerprint density at radius 2 is 2.22 bits per heavy atom. The molecule has 0 unspecified atom stereocenters. The van der Waals surface area contributed by atoms with E-state index in [9.17, 15) is 0 Å². The Hall–Kier alpha value is -2.34. The van der Waals surface area contributed by atoms with Crippen LogP contribution in [0, 0.1) is 0 Å². The number of nitrogens with two attached hydrogens (primary N) is 1. The van der Waals surface area contributed by atoms with Crippen LogP contribution in [0.15, 0.2) is 29.4 Å². The van der Waals surface area contributed by atoms with Crippen LogP contribution in [0.5, 0.6) is 11.5 Å². The van der Waals surface area contributed by atoms with Crippen LogP contribution in [-0.2, 0) is 6.67 Å². The molecule has 3 rings (SSSR count). The molecule has 0 amide bonds. The fraction of sp³-hybridized carbons (Fsp3) is 0.167. The van der Waals surface area contributed by atoms with Gasteiger partial charge < -0.3 is 15.2 Å². The predicted octanol–water partition coefficient (Wildman–Crippen LogP) is 1.53. The minimum atomic E-state index is 0.257. The van der Waals surface area contributed by atoms with Crippen molar-refractivity contribution in [3.05, 3.63) is 24.4 Å². The van der Waals surface area contributed by atoms with E-state index in [1.165, 1.54) is 0 Å². The predicted molar refractivity (Wildman–Crippen MR) is 67.2 cm³/mol. The highest BCUT2D eigenvalue weighted by Crippen LogP contribution is 2.38. The summed E-state index contributed by atoms with van der Waals surface area (Å²) in [6.07, 6.45) is 1.72. The minimum absolute atomic E-state index is 0.257. The molecule has 1 aromatic carbocycles. The van der Waals surface area contributed by atoms with Crippen LogP contribution >= 0.6 is 0 Å². The van der Waals surface area contributed by atoms with Gasteiger partial charge in [-0.3, -0.25) is 0 Å². The molecule has 0 fully saturated rings. The zero-order chi connectivity index (χ0) is 12.5. The first-order chi connectivity index (χ1) is 8.83. The second-order valence-electron chi connectivity index (χ2n) is 3.79. The van der Waals surface area contributed by atoms with Gasteiger partial charge in [0.25, 0.3) is 0 Å². The van der Waals surface area contributed by atoms with Crippen LogP contribution in [-0.4, -0.2) is 23.3 Å². The monoisotopic (exact) mass is 244 g/mol. The lowest BCUT2D eigenvalue weighted by atomic mass is 10.1. The highest BCUT2D eigenvalue weighted by molar-refractivity contribution is 5.76. The van der Waals surface area contributed by atoms with Crippen LogP contribution in [0.1, 0.15) is 0 Å². The molecule has 1 aliphatic heterocycles. The van der Waals surface area contributed by atoms with Crippen molar-refractivity contribution in [3.63, 3.8) is 0 Å². The molecule has 92 valence electrons. The third-order valence-corrected chi connectivity index (χ3v) is 2.82. The summed E-state index contributed by atoms with van der Waals surface area (Å²) in [4.78, 5) is 3.97. The SMILES string of the molecule is C=Nc1c(-c2ccc3c(c2)OCO3)cnn1CN. The van der Waals surface area contributed by atoms with E-state index in [-0.39, 0.29) is 13.5 Å². The summed E-state index contributed by atoms with van der Waals surface area (Å²) in [6, 6.07) is 5.69. The van der Waals surface area contributed by atoms with Gasteiger partial charge in [0.1, 0.15) is 0 Å². The standard InChI is InChI=1S/C12H12N4O2/c1-14-12-9(5-15-16(12)6-13)8-2-3-10-11(4-8)18-7-17-10/h2-5H,1,6-7,13H2. The molecule has 6 heteroatoms. The number of hydrogen-bond acceptors (Lipinski definition) is 5. The molecule has 0 saturated heterocycles. The quantitative estimate of drug-likeness (QED) is 0.831. The normalized spacial score (nSPS) is 12.7. The molecule has 6 nitrogen and oxygen atoms in total. The lowest BCUT2D eigenvalue weighted by molar-refractivity contribution is 0.174. The fourth-order valence-corrected chi connectivity index (χ4v) is 1.95. The van der Waals surface area contributed by atoms with Gasteiger partial charge >= 0.3 is 0 Å². The molecule has 0 aliphatic carbocycles. The molecular formula is C12H12N4O2. The number of nitrogens with zero attached hydrogens (tertiary/aromatic N) is 3. The van der Waals surface area contributed by atoms with Crippen LogP contribution in [0.3, 0.4) is 0 Å². The number of rotatable bonds is 3. The maximum Gasteiger partial charge on any atom is 0.231 e. The first-order valence-corrected chi connectivity index (χ1v) is 5.46. The van der Waals surface area contributed by atoms with Crippen LogP contribution in [0.25, 0.3) is 11.1 Å². The van der Waals surface area contributed by atoms with Crippen LogP contribution < -0.4 is 15.2 Å². The average molecular weight is 244 g/mol. The largest absolute Gasteiger partial charge is 0.454 e. The first-order valence-electron chi connectivity index (χ1n) is 5.46. The fourth-order valence-electron chi connectivity index (χ4n) is 1.95. The Bertz CT molecular complexity index is 606. The maximum atomic E-state index is 5.58. The summed E-state index contributed by atoms with van der Waals surface area (Å²) in [5.41, 5.74) is 7.39. The van der Waals surface area contributed by atoms with E-state index in [4.69, 9.17) is 15.2 Å².